The van der Waals surface area contributed by atoms with Crippen molar-refractivity contribution in [2.45, 2.75) is 27.7 Å². The third kappa shape index (κ3) is 3.05. The number of hydrogen-bond donors (Lipinski definition) is 1. The van der Waals surface area contributed by atoms with E-state index in [-0.39, 0.29) is 11.3 Å². The van der Waals surface area contributed by atoms with Gasteiger partial charge in [-0.25, -0.2) is 14.7 Å². The SMILES string of the molecule is Cc1ccc(NC(=O)C(C)(C)C)[n+](C)c1. The van der Waals surface area contributed by atoms with Crippen LogP contribution in [-0.2, 0) is 11.8 Å². The van der Waals surface area contributed by atoms with E-state index in [1.165, 1.54) is 5.56 Å². The van der Waals surface area contributed by atoms with Gasteiger partial charge in [-0.1, -0.05) is 0 Å². The number of aromatic nitrogens is 1. The van der Waals surface area contributed by atoms with Gasteiger partial charge in [-0.15, -0.1) is 0 Å². The summed E-state index contributed by atoms with van der Waals surface area (Å²) in [4.78, 5) is 11.7. The maximum Gasteiger partial charge on any atom is 0.312 e. The molecule has 0 spiro atoms. The Bertz CT molecular complexity index is 378. The van der Waals surface area contributed by atoms with Crippen molar-refractivity contribution >= 4 is 11.7 Å². The van der Waals surface area contributed by atoms with Crippen LogP contribution in [0.25, 0.3) is 0 Å². The maximum absolute atomic E-state index is 11.7. The van der Waals surface area contributed by atoms with Crippen LogP contribution in [0, 0.1) is 12.3 Å². The summed E-state index contributed by atoms with van der Waals surface area (Å²) in [6, 6.07) is 3.90. The van der Waals surface area contributed by atoms with Gasteiger partial charge in [-0.3, -0.25) is 0 Å². The molecule has 0 aliphatic rings. The molecule has 0 radical (unpaired) electrons. The topological polar surface area (TPSA) is 33.0 Å². The number of rotatable bonds is 1. The number of pyridine rings is 1. The molecule has 1 rings (SSSR count). The lowest BCUT2D eigenvalue weighted by Crippen LogP contribution is -2.37. The zero-order chi connectivity index (χ0) is 11.6. The predicted octanol–water partition coefficient (Wildman–Crippen LogP) is 1.80. The highest BCUT2D eigenvalue weighted by atomic mass is 16.2. The number of nitrogens with zero attached hydrogens (tertiary/aromatic N) is 1. The molecular formula is C12H19N2O+. The van der Waals surface area contributed by atoms with Crippen LogP contribution in [0.5, 0.6) is 0 Å². The lowest BCUT2D eigenvalue weighted by molar-refractivity contribution is -0.657. The molecule has 0 saturated heterocycles. The lowest BCUT2D eigenvalue weighted by atomic mass is 9.96. The molecule has 0 aromatic carbocycles. The van der Waals surface area contributed by atoms with Gasteiger partial charge in [-0.2, -0.15) is 0 Å². The van der Waals surface area contributed by atoms with Gasteiger partial charge in [0.05, 0.1) is 18.7 Å². The van der Waals surface area contributed by atoms with Gasteiger partial charge < -0.3 is 0 Å². The van der Waals surface area contributed by atoms with Crippen molar-refractivity contribution in [3.8, 4) is 0 Å². The lowest BCUT2D eigenvalue weighted by Gasteiger charge is -2.13. The van der Waals surface area contributed by atoms with Gasteiger partial charge in [-0.05, 0) is 39.3 Å². The second-order valence-electron chi connectivity index (χ2n) is 4.91. The van der Waals surface area contributed by atoms with Gasteiger partial charge in [0.2, 0.25) is 0 Å². The average molecular weight is 207 g/mol. The summed E-state index contributed by atoms with van der Waals surface area (Å²) in [6.45, 7) is 7.72. The zero-order valence-electron chi connectivity index (χ0n) is 10.1. The van der Waals surface area contributed by atoms with E-state index in [0.717, 1.165) is 5.82 Å². The number of amides is 1. The van der Waals surface area contributed by atoms with E-state index in [2.05, 4.69) is 5.32 Å². The highest BCUT2D eigenvalue weighted by Crippen LogP contribution is 2.15. The van der Waals surface area contributed by atoms with Gasteiger partial charge in [0.25, 0.3) is 5.82 Å². The molecular weight excluding hydrogens is 188 g/mol. The monoisotopic (exact) mass is 207 g/mol. The fourth-order valence-electron chi connectivity index (χ4n) is 1.18. The summed E-state index contributed by atoms with van der Waals surface area (Å²) < 4.78 is 1.92. The number of aryl methyl sites for hydroxylation is 2. The summed E-state index contributed by atoms with van der Waals surface area (Å²) in [5.74, 6) is 0.850. The van der Waals surface area contributed by atoms with E-state index in [1.807, 2.05) is 57.6 Å². The molecule has 0 unspecified atom stereocenters. The van der Waals surface area contributed by atoms with Crippen LogP contribution in [0.1, 0.15) is 26.3 Å². The van der Waals surface area contributed by atoms with Crippen LogP contribution in [-0.4, -0.2) is 5.91 Å². The number of anilines is 1. The Morgan fingerprint density at radius 2 is 1.93 bits per heavy atom. The zero-order valence-corrected chi connectivity index (χ0v) is 10.1. The average Bonchev–Trinajstić information content (AvgIpc) is 2.08. The van der Waals surface area contributed by atoms with Crippen molar-refractivity contribution in [1.82, 2.24) is 0 Å². The van der Waals surface area contributed by atoms with E-state index < -0.39 is 0 Å². The second kappa shape index (κ2) is 4.01. The van der Waals surface area contributed by atoms with Crippen molar-refractivity contribution in [2.24, 2.45) is 12.5 Å². The van der Waals surface area contributed by atoms with Crippen molar-refractivity contribution in [2.75, 3.05) is 5.32 Å². The van der Waals surface area contributed by atoms with E-state index >= 15 is 0 Å². The number of hydrogen-bond acceptors (Lipinski definition) is 1. The minimum absolute atomic E-state index is 0.0296. The van der Waals surface area contributed by atoms with Crippen LogP contribution in [0.15, 0.2) is 18.3 Å². The van der Waals surface area contributed by atoms with Crippen molar-refractivity contribution < 1.29 is 9.36 Å². The predicted molar refractivity (Wildman–Crippen MR) is 60.4 cm³/mol. The molecule has 15 heavy (non-hydrogen) atoms. The van der Waals surface area contributed by atoms with E-state index in [9.17, 15) is 4.79 Å². The van der Waals surface area contributed by atoms with Gasteiger partial charge in [0.15, 0.2) is 0 Å². The first-order valence-corrected chi connectivity index (χ1v) is 5.08. The highest BCUT2D eigenvalue weighted by Gasteiger charge is 2.26. The molecule has 0 aliphatic heterocycles. The number of carbonyl (C=O) groups excluding carboxylic acids is 1. The molecule has 1 N–H and O–H groups in total. The molecule has 1 aromatic rings. The van der Waals surface area contributed by atoms with Crippen molar-refractivity contribution in [3.63, 3.8) is 0 Å². The summed E-state index contributed by atoms with van der Waals surface area (Å²) in [7, 11) is 1.92. The summed E-state index contributed by atoms with van der Waals surface area (Å²) >= 11 is 0. The Morgan fingerprint density at radius 3 is 2.40 bits per heavy atom. The Balaban J connectivity index is 2.87. The Labute approximate surface area is 91.1 Å². The molecule has 0 atom stereocenters. The van der Waals surface area contributed by atoms with E-state index in [4.69, 9.17) is 0 Å². The normalized spacial score (nSPS) is 11.3. The largest absolute Gasteiger partial charge is 0.312 e. The Morgan fingerprint density at radius 1 is 1.33 bits per heavy atom. The van der Waals surface area contributed by atoms with E-state index in [0.29, 0.717) is 0 Å². The van der Waals surface area contributed by atoms with Crippen LogP contribution < -0.4 is 9.88 Å². The minimum Gasteiger partial charge on any atom is -0.246 e. The first-order valence-electron chi connectivity index (χ1n) is 5.08. The smallest absolute Gasteiger partial charge is 0.246 e. The summed E-state index contributed by atoms with van der Waals surface area (Å²) in [6.07, 6.45) is 1.98. The molecule has 3 heteroatoms. The second-order valence-corrected chi connectivity index (χ2v) is 4.91. The van der Waals surface area contributed by atoms with Gasteiger partial charge in [0.1, 0.15) is 0 Å². The number of nitrogens with one attached hydrogen (secondary N) is 1. The minimum atomic E-state index is -0.363. The first kappa shape index (κ1) is 11.7. The van der Waals surface area contributed by atoms with Crippen LogP contribution in [0.2, 0.25) is 0 Å². The summed E-state index contributed by atoms with van der Waals surface area (Å²) in [5.41, 5.74) is 0.809. The highest BCUT2D eigenvalue weighted by molar-refractivity contribution is 5.93. The van der Waals surface area contributed by atoms with Gasteiger partial charge in [0, 0.05) is 6.07 Å². The number of carbonyl (C=O) groups is 1. The molecule has 0 bridgehead atoms. The fraction of sp³-hybridized carbons (Fsp3) is 0.500. The van der Waals surface area contributed by atoms with Crippen LogP contribution >= 0.6 is 0 Å². The first-order chi connectivity index (χ1) is 6.80. The van der Waals surface area contributed by atoms with Crippen molar-refractivity contribution in [3.05, 3.63) is 23.9 Å². The Kier molecular flexibility index (Phi) is 3.12. The molecule has 1 amide bonds. The molecule has 82 valence electrons. The molecule has 0 aliphatic carbocycles. The molecule has 0 saturated carbocycles. The molecule has 0 fully saturated rings. The fourth-order valence-corrected chi connectivity index (χ4v) is 1.18. The quantitative estimate of drug-likeness (QED) is 0.700. The maximum atomic E-state index is 11.7. The van der Waals surface area contributed by atoms with Crippen LogP contribution in [0.3, 0.4) is 0 Å². The summed E-state index contributed by atoms with van der Waals surface area (Å²) in [5, 5.41) is 2.90. The Hall–Kier alpha value is -1.38. The van der Waals surface area contributed by atoms with Crippen LogP contribution in [0.4, 0.5) is 5.82 Å². The third-order valence-electron chi connectivity index (χ3n) is 2.20. The van der Waals surface area contributed by atoms with Crippen molar-refractivity contribution in [1.29, 1.82) is 0 Å². The third-order valence-corrected chi connectivity index (χ3v) is 2.20. The molecule has 1 aromatic heterocycles. The standard InChI is InChI=1S/C12H18N2O/c1-9-6-7-10(14(5)8-9)13-11(15)12(2,3)4/h6-8H,1-5H3/p+1. The molecule has 3 nitrogen and oxygen atoms in total. The van der Waals surface area contributed by atoms with E-state index in [1.54, 1.807) is 0 Å². The molecule has 1 heterocycles. The van der Waals surface area contributed by atoms with Gasteiger partial charge >= 0.3 is 5.91 Å².